The number of hydrogen-bond acceptors (Lipinski definition) is 4. The van der Waals surface area contributed by atoms with Crippen molar-refractivity contribution < 1.29 is 4.74 Å². The maximum absolute atomic E-state index is 5.41. The van der Waals surface area contributed by atoms with Crippen LogP contribution in [0.15, 0.2) is 18.6 Å². The van der Waals surface area contributed by atoms with Crippen molar-refractivity contribution in [1.29, 1.82) is 0 Å². The second kappa shape index (κ2) is 5.17. The molecule has 2 aromatic rings. The molecule has 5 nitrogen and oxygen atoms in total. The Balaban J connectivity index is 1.80. The lowest BCUT2D eigenvalue weighted by atomic mass is 9.93. The molecule has 0 aromatic carbocycles. The molecule has 0 amide bonds. The van der Waals surface area contributed by atoms with E-state index in [9.17, 15) is 0 Å². The van der Waals surface area contributed by atoms with Gasteiger partial charge in [-0.15, -0.1) is 0 Å². The summed E-state index contributed by atoms with van der Waals surface area (Å²) in [5.41, 5.74) is 2.06. The maximum atomic E-state index is 5.41. The molecular weight excluding hydrogens is 240 g/mol. The smallest absolute Gasteiger partial charge is 0.154 e. The summed E-state index contributed by atoms with van der Waals surface area (Å²) >= 11 is 0. The van der Waals surface area contributed by atoms with E-state index < -0.39 is 0 Å². The van der Waals surface area contributed by atoms with Gasteiger partial charge in [-0.1, -0.05) is 0 Å². The van der Waals surface area contributed by atoms with Gasteiger partial charge >= 0.3 is 0 Å². The molecule has 1 atom stereocenters. The lowest BCUT2D eigenvalue weighted by molar-refractivity contribution is 0.0622. The molecular formula is C14H20N4O. The molecule has 3 heterocycles. The highest BCUT2D eigenvalue weighted by Gasteiger charge is 2.21. The topological polar surface area (TPSA) is 52.0 Å². The number of nitrogens with zero attached hydrogens (tertiary/aromatic N) is 3. The number of rotatable bonds is 3. The summed E-state index contributed by atoms with van der Waals surface area (Å²) in [4.78, 5) is 8.87. The number of hydrogen-bond donors (Lipinski definition) is 1. The fourth-order valence-electron chi connectivity index (χ4n) is 2.72. The van der Waals surface area contributed by atoms with E-state index in [-0.39, 0.29) is 0 Å². The molecule has 1 unspecified atom stereocenters. The third kappa shape index (κ3) is 2.42. The summed E-state index contributed by atoms with van der Waals surface area (Å²) in [5.74, 6) is 1.53. The Kier molecular flexibility index (Phi) is 3.38. The van der Waals surface area contributed by atoms with Crippen LogP contribution >= 0.6 is 0 Å². The van der Waals surface area contributed by atoms with Crippen LogP contribution in [0.2, 0.25) is 0 Å². The van der Waals surface area contributed by atoms with E-state index in [1.807, 2.05) is 30.2 Å². The summed E-state index contributed by atoms with van der Waals surface area (Å²) in [6.07, 6.45) is 5.90. The molecule has 0 radical (unpaired) electrons. The van der Waals surface area contributed by atoms with Crippen LogP contribution in [-0.4, -0.2) is 33.8 Å². The van der Waals surface area contributed by atoms with Crippen molar-refractivity contribution in [1.82, 2.24) is 14.5 Å². The van der Waals surface area contributed by atoms with E-state index in [4.69, 9.17) is 4.74 Å². The van der Waals surface area contributed by atoms with Crippen LogP contribution in [0, 0.1) is 5.92 Å². The molecule has 0 aliphatic carbocycles. The van der Waals surface area contributed by atoms with Gasteiger partial charge in [-0.3, -0.25) is 0 Å². The molecule has 3 rings (SSSR count). The van der Waals surface area contributed by atoms with Gasteiger partial charge < -0.3 is 14.6 Å². The van der Waals surface area contributed by atoms with Crippen LogP contribution in [0.3, 0.4) is 0 Å². The van der Waals surface area contributed by atoms with Gasteiger partial charge in [-0.2, -0.15) is 0 Å². The molecule has 5 heteroatoms. The monoisotopic (exact) mass is 260 g/mol. The quantitative estimate of drug-likeness (QED) is 0.919. The van der Waals surface area contributed by atoms with E-state index in [1.54, 1.807) is 0 Å². The fraction of sp³-hybridized carbons (Fsp3) is 0.571. The van der Waals surface area contributed by atoms with E-state index in [0.29, 0.717) is 12.0 Å². The number of anilines is 1. The average Bonchev–Trinajstić information content (AvgIpc) is 2.83. The number of pyridine rings is 1. The molecule has 1 N–H and O–H groups in total. The minimum atomic E-state index is 0.393. The average molecular weight is 260 g/mol. The van der Waals surface area contributed by atoms with Gasteiger partial charge in [0.1, 0.15) is 5.52 Å². The largest absolute Gasteiger partial charge is 0.381 e. The van der Waals surface area contributed by atoms with Crippen molar-refractivity contribution in [3.8, 4) is 0 Å². The lowest BCUT2D eigenvalue weighted by Crippen LogP contribution is -2.31. The van der Waals surface area contributed by atoms with Gasteiger partial charge in [0, 0.05) is 32.5 Å². The molecule has 102 valence electrons. The van der Waals surface area contributed by atoms with Crippen molar-refractivity contribution in [3.63, 3.8) is 0 Å². The molecule has 0 spiro atoms. The summed E-state index contributed by atoms with van der Waals surface area (Å²) in [6.45, 7) is 3.97. The highest BCUT2D eigenvalue weighted by atomic mass is 16.5. The predicted molar refractivity (Wildman–Crippen MR) is 75.1 cm³/mol. The summed E-state index contributed by atoms with van der Waals surface area (Å²) < 4.78 is 7.43. The first kappa shape index (κ1) is 12.4. The Labute approximate surface area is 113 Å². The Morgan fingerprint density at radius 3 is 2.95 bits per heavy atom. The minimum absolute atomic E-state index is 0.393. The minimum Gasteiger partial charge on any atom is -0.381 e. The normalized spacial score (nSPS) is 18.6. The third-order valence-corrected chi connectivity index (χ3v) is 3.98. The van der Waals surface area contributed by atoms with Crippen molar-refractivity contribution in [3.05, 3.63) is 18.6 Å². The molecule has 1 fully saturated rings. The second-order valence-corrected chi connectivity index (χ2v) is 5.27. The third-order valence-electron chi connectivity index (χ3n) is 3.98. The lowest BCUT2D eigenvalue weighted by Gasteiger charge is -2.28. The first-order valence-corrected chi connectivity index (χ1v) is 6.86. The maximum Gasteiger partial charge on any atom is 0.154 e. The van der Waals surface area contributed by atoms with Crippen LogP contribution in [-0.2, 0) is 11.8 Å². The number of fused-ring (bicyclic) bond motifs is 1. The van der Waals surface area contributed by atoms with Crippen LogP contribution in [0.5, 0.6) is 0 Å². The highest BCUT2D eigenvalue weighted by Crippen LogP contribution is 2.24. The first-order chi connectivity index (χ1) is 9.25. The van der Waals surface area contributed by atoms with E-state index in [0.717, 1.165) is 42.9 Å². The zero-order valence-electron chi connectivity index (χ0n) is 11.5. The zero-order valence-corrected chi connectivity index (χ0v) is 11.5. The Morgan fingerprint density at radius 1 is 1.37 bits per heavy atom. The molecule has 0 bridgehead atoms. The van der Waals surface area contributed by atoms with Crippen molar-refractivity contribution in [2.45, 2.75) is 25.8 Å². The molecule has 1 aliphatic rings. The Bertz CT molecular complexity index is 560. The number of aryl methyl sites for hydroxylation is 1. The summed E-state index contributed by atoms with van der Waals surface area (Å²) in [7, 11) is 2.00. The Hall–Kier alpha value is -1.62. The highest BCUT2D eigenvalue weighted by molar-refractivity contribution is 5.85. The standard InChI is InChI=1S/C14H20N4O/c1-10(11-4-7-19-8-5-11)17-14-13-12(3-6-15-14)18(2)9-16-13/h3,6,9-11H,4-5,7-8H2,1-2H3,(H,15,17). The number of imidazole rings is 1. The van der Waals surface area contributed by atoms with Gasteiger partial charge in [-0.05, 0) is 31.7 Å². The van der Waals surface area contributed by atoms with E-state index in [2.05, 4.69) is 22.2 Å². The zero-order chi connectivity index (χ0) is 13.2. The summed E-state index contributed by atoms with van der Waals surface area (Å²) in [5, 5.41) is 3.53. The second-order valence-electron chi connectivity index (χ2n) is 5.27. The SMILES string of the molecule is CC(Nc1nccc2c1ncn2C)C1CCOCC1. The molecule has 1 aliphatic heterocycles. The van der Waals surface area contributed by atoms with Gasteiger partial charge in [0.15, 0.2) is 5.82 Å². The predicted octanol–water partition coefficient (Wildman–Crippen LogP) is 2.20. The van der Waals surface area contributed by atoms with Crippen LogP contribution in [0.1, 0.15) is 19.8 Å². The van der Waals surface area contributed by atoms with Gasteiger partial charge in [0.05, 0.1) is 11.8 Å². The van der Waals surface area contributed by atoms with Crippen molar-refractivity contribution in [2.75, 3.05) is 18.5 Å². The molecule has 1 saturated heterocycles. The summed E-state index contributed by atoms with van der Waals surface area (Å²) in [6, 6.07) is 2.39. The number of nitrogens with one attached hydrogen (secondary N) is 1. The van der Waals surface area contributed by atoms with E-state index in [1.165, 1.54) is 0 Å². The number of ether oxygens (including phenoxy) is 1. The number of aromatic nitrogens is 3. The van der Waals surface area contributed by atoms with Crippen molar-refractivity contribution >= 4 is 16.9 Å². The van der Waals surface area contributed by atoms with Crippen molar-refractivity contribution in [2.24, 2.45) is 13.0 Å². The fourth-order valence-corrected chi connectivity index (χ4v) is 2.72. The van der Waals surface area contributed by atoms with Crippen LogP contribution < -0.4 is 5.32 Å². The van der Waals surface area contributed by atoms with Gasteiger partial charge in [0.25, 0.3) is 0 Å². The van der Waals surface area contributed by atoms with Crippen LogP contribution in [0.25, 0.3) is 11.0 Å². The molecule has 2 aromatic heterocycles. The first-order valence-electron chi connectivity index (χ1n) is 6.86. The van der Waals surface area contributed by atoms with E-state index >= 15 is 0 Å². The molecule has 0 saturated carbocycles. The Morgan fingerprint density at radius 2 is 2.16 bits per heavy atom. The molecule has 19 heavy (non-hydrogen) atoms. The van der Waals surface area contributed by atoms with Crippen LogP contribution in [0.4, 0.5) is 5.82 Å². The van der Waals surface area contributed by atoms with Gasteiger partial charge in [-0.25, -0.2) is 9.97 Å². The van der Waals surface area contributed by atoms with Gasteiger partial charge in [0.2, 0.25) is 0 Å².